The van der Waals surface area contributed by atoms with E-state index in [1.54, 1.807) is 14.5 Å². The second-order valence-electron chi connectivity index (χ2n) is 10.7. The van der Waals surface area contributed by atoms with Crippen molar-refractivity contribution in [2.45, 2.75) is 57.1 Å². The number of hydrogen-bond donors (Lipinski definition) is 1. The number of aliphatic hydroxyl groups excluding tert-OH is 1. The normalized spacial score (nSPS) is 30.9. The third kappa shape index (κ3) is 3.81. The van der Waals surface area contributed by atoms with Gasteiger partial charge < -0.3 is 24.5 Å². The molecule has 1 N–H and O–H groups in total. The quantitative estimate of drug-likeness (QED) is 0.525. The average molecular weight is 535 g/mol. The first-order chi connectivity index (χ1) is 18.9. The molecule has 5 heterocycles. The molecule has 1 spiro atoms. The Labute approximate surface area is 226 Å². The van der Waals surface area contributed by atoms with E-state index >= 15 is 0 Å². The molecule has 2 saturated heterocycles. The van der Waals surface area contributed by atoms with E-state index in [4.69, 9.17) is 4.74 Å². The number of para-hydroxylation sites is 1. The number of aromatic nitrogens is 3. The number of amides is 3. The number of hydrogen-bond acceptors (Lipinski definition) is 7. The molecule has 2 aromatic rings. The lowest BCUT2D eigenvalue weighted by Gasteiger charge is -2.38. The molecule has 2 fully saturated rings. The molecule has 39 heavy (non-hydrogen) atoms. The van der Waals surface area contributed by atoms with Gasteiger partial charge in [-0.05, 0) is 25.0 Å². The number of ether oxygens (including phenoxy) is 1. The zero-order chi connectivity index (χ0) is 27.3. The first-order valence-corrected chi connectivity index (χ1v) is 13.8. The van der Waals surface area contributed by atoms with Gasteiger partial charge >= 0.3 is 0 Å². The Hall–Kier alpha value is -3.57. The fraction of sp³-hybridized carbons (Fsp3) is 0.536. The van der Waals surface area contributed by atoms with Gasteiger partial charge in [0, 0.05) is 19.6 Å². The lowest BCUT2D eigenvalue weighted by atomic mass is 9.77. The fourth-order valence-corrected chi connectivity index (χ4v) is 6.76. The molecule has 0 aliphatic carbocycles. The topological polar surface area (TPSA) is 121 Å². The summed E-state index contributed by atoms with van der Waals surface area (Å²) in [7, 11) is 0. The van der Waals surface area contributed by atoms with E-state index in [1.807, 2.05) is 62.4 Å². The number of aliphatic hydroxyl groups is 1. The Balaban J connectivity index is 1.42. The average Bonchev–Trinajstić information content (AvgIpc) is 3.50. The van der Waals surface area contributed by atoms with E-state index < -0.39 is 35.6 Å². The molecule has 0 radical (unpaired) electrons. The Morgan fingerprint density at radius 3 is 2.64 bits per heavy atom. The second-order valence-corrected chi connectivity index (χ2v) is 10.7. The van der Waals surface area contributed by atoms with Crippen molar-refractivity contribution in [3.63, 3.8) is 0 Å². The zero-order valence-corrected chi connectivity index (χ0v) is 22.2. The van der Waals surface area contributed by atoms with Crippen molar-refractivity contribution < 1.29 is 24.2 Å². The van der Waals surface area contributed by atoms with Crippen LogP contribution in [0.25, 0.3) is 11.0 Å². The van der Waals surface area contributed by atoms with E-state index in [0.29, 0.717) is 19.5 Å². The van der Waals surface area contributed by atoms with E-state index in [2.05, 4.69) is 10.3 Å². The SMILES string of the molecule is CCCN1CC=C[C@H]2O[C@]34C=CCN(Cn5nnc6ccccc65)C(=O)C3N([C@@H](CC)CO)C(=O)[C@@H]4[C@H]2C1=O. The van der Waals surface area contributed by atoms with Crippen LogP contribution in [0.4, 0.5) is 0 Å². The second kappa shape index (κ2) is 9.87. The van der Waals surface area contributed by atoms with Gasteiger partial charge in [-0.2, -0.15) is 0 Å². The number of carbonyl (C=O) groups is 3. The van der Waals surface area contributed by atoms with Crippen LogP contribution in [-0.2, 0) is 25.8 Å². The van der Waals surface area contributed by atoms with Crippen LogP contribution >= 0.6 is 0 Å². The minimum Gasteiger partial charge on any atom is -0.394 e. The van der Waals surface area contributed by atoms with Crippen LogP contribution < -0.4 is 0 Å². The number of likely N-dealkylation sites (tertiary alicyclic amines) is 1. The van der Waals surface area contributed by atoms with Gasteiger partial charge in [0.2, 0.25) is 11.8 Å². The largest absolute Gasteiger partial charge is 0.394 e. The summed E-state index contributed by atoms with van der Waals surface area (Å²) in [5.74, 6) is -2.36. The summed E-state index contributed by atoms with van der Waals surface area (Å²) >= 11 is 0. The number of nitrogens with zero attached hydrogens (tertiary/aromatic N) is 6. The molecule has 11 nitrogen and oxygen atoms in total. The van der Waals surface area contributed by atoms with Crippen LogP contribution in [0.15, 0.2) is 48.6 Å². The lowest BCUT2D eigenvalue weighted by molar-refractivity contribution is -0.152. The minimum absolute atomic E-state index is 0.129. The van der Waals surface area contributed by atoms with Crippen LogP contribution in [0.3, 0.4) is 0 Å². The van der Waals surface area contributed by atoms with Gasteiger partial charge in [-0.25, -0.2) is 4.68 Å². The fourth-order valence-electron chi connectivity index (χ4n) is 6.76. The molecule has 0 saturated carbocycles. The Bertz CT molecular complexity index is 1350. The van der Waals surface area contributed by atoms with E-state index in [0.717, 1.165) is 17.5 Å². The third-order valence-electron chi connectivity index (χ3n) is 8.56. The van der Waals surface area contributed by atoms with Crippen LogP contribution in [0.1, 0.15) is 26.7 Å². The Morgan fingerprint density at radius 2 is 1.87 bits per heavy atom. The van der Waals surface area contributed by atoms with Crippen LogP contribution in [0, 0.1) is 11.8 Å². The summed E-state index contributed by atoms with van der Waals surface area (Å²) in [6.07, 6.45) is 8.09. The summed E-state index contributed by atoms with van der Waals surface area (Å²) in [5.41, 5.74) is 0.191. The van der Waals surface area contributed by atoms with Gasteiger partial charge in [-0.3, -0.25) is 14.4 Å². The molecule has 6 rings (SSSR count). The molecule has 4 aliphatic rings. The monoisotopic (exact) mass is 534 g/mol. The number of fused-ring (bicyclic) bond motifs is 3. The molecule has 1 aromatic heterocycles. The summed E-state index contributed by atoms with van der Waals surface area (Å²) in [4.78, 5) is 47.3. The molecule has 1 unspecified atom stereocenters. The molecule has 4 aliphatic heterocycles. The molecular formula is C28H34N6O5. The lowest BCUT2D eigenvalue weighted by Crippen LogP contribution is -2.58. The first-order valence-electron chi connectivity index (χ1n) is 13.8. The number of carbonyl (C=O) groups excluding carboxylic acids is 3. The molecule has 206 valence electrons. The van der Waals surface area contributed by atoms with Crippen molar-refractivity contribution >= 4 is 28.8 Å². The van der Waals surface area contributed by atoms with Gasteiger partial charge in [0.15, 0.2) is 0 Å². The predicted octanol–water partition coefficient (Wildman–Crippen LogP) is 0.947. The highest BCUT2D eigenvalue weighted by molar-refractivity contribution is 6.00. The van der Waals surface area contributed by atoms with Crippen molar-refractivity contribution in [2.24, 2.45) is 11.8 Å². The molecule has 3 amide bonds. The van der Waals surface area contributed by atoms with Gasteiger partial charge in [0.1, 0.15) is 23.8 Å². The smallest absolute Gasteiger partial charge is 0.250 e. The Kier molecular flexibility index (Phi) is 6.50. The van der Waals surface area contributed by atoms with E-state index in [-0.39, 0.29) is 37.5 Å². The van der Waals surface area contributed by atoms with Crippen molar-refractivity contribution in [3.8, 4) is 0 Å². The minimum atomic E-state index is -1.32. The maximum atomic E-state index is 14.4. The maximum Gasteiger partial charge on any atom is 0.250 e. The van der Waals surface area contributed by atoms with Crippen molar-refractivity contribution in [1.29, 1.82) is 0 Å². The standard InChI is InChI=1S/C28H34N6O5/c1-3-13-31-14-7-11-21-22(25(31)36)23-26(37)34(18(4-2)16-35)24-27(38)32(15-8-12-28(23,24)39-21)17-33-20-10-6-5-9-19(20)29-30-33/h5-12,18,21-24,35H,3-4,13-17H2,1-2H3/t18-,21+,22-,23-,24?,28-/m0/s1. The predicted molar refractivity (Wildman–Crippen MR) is 141 cm³/mol. The number of benzene rings is 1. The molecule has 1 aromatic carbocycles. The van der Waals surface area contributed by atoms with Crippen LogP contribution in [0.5, 0.6) is 0 Å². The summed E-state index contributed by atoms with van der Waals surface area (Å²) in [5, 5.41) is 18.7. The van der Waals surface area contributed by atoms with Crippen molar-refractivity contribution in [3.05, 3.63) is 48.6 Å². The van der Waals surface area contributed by atoms with E-state index in [1.165, 1.54) is 4.90 Å². The summed E-state index contributed by atoms with van der Waals surface area (Å²) in [6.45, 7) is 5.04. The summed E-state index contributed by atoms with van der Waals surface area (Å²) < 4.78 is 8.32. The third-order valence-corrected chi connectivity index (χ3v) is 8.56. The molecule has 0 bridgehead atoms. The van der Waals surface area contributed by atoms with Gasteiger partial charge in [-0.1, -0.05) is 55.5 Å². The highest BCUT2D eigenvalue weighted by atomic mass is 16.5. The molecular weight excluding hydrogens is 500 g/mol. The Morgan fingerprint density at radius 1 is 1.08 bits per heavy atom. The zero-order valence-electron chi connectivity index (χ0n) is 22.2. The molecule has 6 atom stereocenters. The summed E-state index contributed by atoms with van der Waals surface area (Å²) in [6, 6.07) is 5.91. The van der Waals surface area contributed by atoms with Crippen LogP contribution in [-0.4, -0.2) is 103 Å². The molecule has 11 heteroatoms. The maximum absolute atomic E-state index is 14.4. The van der Waals surface area contributed by atoms with Crippen molar-refractivity contribution in [1.82, 2.24) is 29.7 Å². The van der Waals surface area contributed by atoms with Gasteiger partial charge in [-0.15, -0.1) is 5.10 Å². The first kappa shape index (κ1) is 25.7. The van der Waals surface area contributed by atoms with Crippen LogP contribution in [0.2, 0.25) is 0 Å². The number of rotatable bonds is 7. The van der Waals surface area contributed by atoms with Gasteiger partial charge in [0.05, 0.1) is 36.1 Å². The highest BCUT2D eigenvalue weighted by Crippen LogP contribution is 2.54. The van der Waals surface area contributed by atoms with E-state index in [9.17, 15) is 19.5 Å². The van der Waals surface area contributed by atoms with Gasteiger partial charge in [0.25, 0.3) is 5.91 Å². The highest BCUT2D eigenvalue weighted by Gasteiger charge is 2.72. The van der Waals surface area contributed by atoms with Crippen molar-refractivity contribution in [2.75, 3.05) is 26.2 Å².